The van der Waals surface area contributed by atoms with Crippen LogP contribution in [0.4, 0.5) is 26.3 Å². The summed E-state index contributed by atoms with van der Waals surface area (Å²) in [4.78, 5) is 29.3. The molecule has 2 atom stereocenters. The van der Waals surface area contributed by atoms with Crippen molar-refractivity contribution in [3.8, 4) is 0 Å². The second kappa shape index (κ2) is 12.3. The second-order valence-corrected chi connectivity index (χ2v) is 11.9. The normalized spacial score (nSPS) is 22.4. The molecule has 4 rings (SSSR count). The zero-order chi connectivity index (χ0) is 30.9. The number of nitrogens with one attached hydrogen (secondary N) is 2. The first kappa shape index (κ1) is 31.8. The zero-order valence-corrected chi connectivity index (χ0v) is 24.0. The van der Waals surface area contributed by atoms with E-state index < -0.39 is 47.3 Å². The van der Waals surface area contributed by atoms with E-state index in [9.17, 15) is 35.9 Å². The minimum absolute atomic E-state index is 0.0435. The van der Waals surface area contributed by atoms with Crippen molar-refractivity contribution in [1.82, 2.24) is 15.5 Å². The van der Waals surface area contributed by atoms with Crippen molar-refractivity contribution in [2.75, 3.05) is 13.1 Å². The lowest BCUT2D eigenvalue weighted by molar-refractivity contribution is -0.144. The number of nitrogens with zero attached hydrogens (tertiary/aromatic N) is 1. The molecule has 5 nitrogen and oxygen atoms in total. The molecule has 2 N–H and O–H groups in total. The van der Waals surface area contributed by atoms with Crippen LogP contribution in [0.2, 0.25) is 0 Å². The van der Waals surface area contributed by atoms with Gasteiger partial charge in [0.15, 0.2) is 0 Å². The molecule has 42 heavy (non-hydrogen) atoms. The van der Waals surface area contributed by atoms with Gasteiger partial charge in [0.25, 0.3) is 0 Å². The Morgan fingerprint density at radius 3 is 2.00 bits per heavy atom. The molecule has 0 spiro atoms. The molecular formula is C31H37F6N3O2. The molecule has 1 aliphatic heterocycles. The maximum Gasteiger partial charge on any atom is 0.416 e. The van der Waals surface area contributed by atoms with Crippen molar-refractivity contribution < 1.29 is 35.9 Å². The molecule has 11 heteroatoms. The highest BCUT2D eigenvalue weighted by molar-refractivity contribution is 6.05. The molecule has 1 heterocycles. The molecule has 1 aliphatic carbocycles. The lowest BCUT2D eigenvalue weighted by Crippen LogP contribution is -2.52. The Kier molecular flexibility index (Phi) is 9.30. The van der Waals surface area contributed by atoms with E-state index in [-0.39, 0.29) is 36.6 Å². The summed E-state index contributed by atoms with van der Waals surface area (Å²) in [6.07, 6.45) is -7.08. The summed E-state index contributed by atoms with van der Waals surface area (Å²) >= 11 is 0. The summed E-state index contributed by atoms with van der Waals surface area (Å²) in [6.45, 7) is 6.59. The van der Waals surface area contributed by atoms with Crippen molar-refractivity contribution in [3.63, 3.8) is 0 Å². The molecule has 2 aromatic rings. The Bertz CT molecular complexity index is 1230. The first-order chi connectivity index (χ1) is 19.6. The number of alkyl halides is 6. The summed E-state index contributed by atoms with van der Waals surface area (Å²) in [5, 5.41) is 5.30. The van der Waals surface area contributed by atoms with Crippen LogP contribution < -0.4 is 10.6 Å². The van der Waals surface area contributed by atoms with Gasteiger partial charge in [-0.05, 0) is 101 Å². The highest BCUT2D eigenvalue weighted by atomic mass is 19.4. The topological polar surface area (TPSA) is 61.4 Å². The van der Waals surface area contributed by atoms with Crippen LogP contribution in [0.15, 0.2) is 42.5 Å². The Morgan fingerprint density at radius 1 is 0.905 bits per heavy atom. The van der Waals surface area contributed by atoms with Crippen LogP contribution in [0, 0.1) is 12.3 Å². The largest absolute Gasteiger partial charge is 0.416 e. The molecular weight excluding hydrogens is 560 g/mol. The van der Waals surface area contributed by atoms with E-state index in [0.29, 0.717) is 24.5 Å². The Labute approximate surface area is 242 Å². The third-order valence-electron chi connectivity index (χ3n) is 8.47. The standard InChI is InChI=1S/C31H37F6N3O2/c1-19(2)39-28(42)29(27(41)38-18-21-14-24(30(32,33)34)16-25(15-21)31(35,36)37)11-8-26(17-29)40-12-9-23(10-13-40)22-6-4-20(3)5-7-22/h4-7,14-16,19,23,26H,8-13,17-18H2,1-3H3,(H,38,41)(H,39,42). The van der Waals surface area contributed by atoms with Crippen LogP contribution in [0.3, 0.4) is 0 Å². The minimum atomic E-state index is -5.00. The quantitative estimate of drug-likeness (QED) is 0.280. The van der Waals surface area contributed by atoms with Crippen LogP contribution in [-0.4, -0.2) is 41.9 Å². The summed E-state index contributed by atoms with van der Waals surface area (Å²) in [6, 6.07) is 9.43. The van der Waals surface area contributed by atoms with Gasteiger partial charge < -0.3 is 15.5 Å². The third-order valence-corrected chi connectivity index (χ3v) is 8.47. The van der Waals surface area contributed by atoms with Gasteiger partial charge in [-0.25, -0.2) is 0 Å². The minimum Gasteiger partial charge on any atom is -0.353 e. The van der Waals surface area contributed by atoms with E-state index in [1.807, 2.05) is 6.92 Å². The number of carbonyl (C=O) groups is 2. The molecule has 2 aromatic carbocycles. The van der Waals surface area contributed by atoms with E-state index in [1.165, 1.54) is 11.1 Å². The fourth-order valence-electron chi connectivity index (χ4n) is 6.16. The number of rotatable bonds is 7. The average Bonchev–Trinajstić information content (AvgIpc) is 3.38. The van der Waals surface area contributed by atoms with Crippen LogP contribution in [0.1, 0.15) is 79.7 Å². The highest BCUT2D eigenvalue weighted by Gasteiger charge is 2.52. The average molecular weight is 598 g/mol. The van der Waals surface area contributed by atoms with Gasteiger partial charge in [-0.1, -0.05) is 29.8 Å². The van der Waals surface area contributed by atoms with E-state index >= 15 is 0 Å². The Balaban J connectivity index is 1.48. The number of halogens is 6. The van der Waals surface area contributed by atoms with Gasteiger partial charge in [-0.2, -0.15) is 26.3 Å². The van der Waals surface area contributed by atoms with Gasteiger partial charge in [0, 0.05) is 18.6 Å². The third kappa shape index (κ3) is 7.27. The lowest BCUT2D eigenvalue weighted by atomic mass is 9.82. The maximum absolute atomic E-state index is 13.6. The fourth-order valence-corrected chi connectivity index (χ4v) is 6.16. The van der Waals surface area contributed by atoms with Crippen molar-refractivity contribution >= 4 is 11.8 Å². The van der Waals surface area contributed by atoms with Gasteiger partial charge in [-0.3, -0.25) is 9.59 Å². The number of likely N-dealkylation sites (tertiary alicyclic amines) is 1. The number of hydrogen-bond acceptors (Lipinski definition) is 3. The van der Waals surface area contributed by atoms with Gasteiger partial charge in [-0.15, -0.1) is 0 Å². The van der Waals surface area contributed by atoms with Gasteiger partial charge >= 0.3 is 12.4 Å². The Hall–Kier alpha value is -3.08. The van der Waals surface area contributed by atoms with E-state index in [2.05, 4.69) is 39.8 Å². The first-order valence-corrected chi connectivity index (χ1v) is 14.3. The molecule has 2 unspecified atom stereocenters. The van der Waals surface area contributed by atoms with Crippen molar-refractivity contribution in [2.24, 2.45) is 5.41 Å². The van der Waals surface area contributed by atoms with Crippen LogP contribution >= 0.6 is 0 Å². The van der Waals surface area contributed by atoms with Crippen molar-refractivity contribution in [2.45, 2.75) is 89.8 Å². The van der Waals surface area contributed by atoms with Crippen LogP contribution in [0.25, 0.3) is 0 Å². The molecule has 1 saturated carbocycles. The number of amides is 2. The Morgan fingerprint density at radius 2 is 1.48 bits per heavy atom. The molecule has 0 radical (unpaired) electrons. The number of hydrogen-bond donors (Lipinski definition) is 2. The predicted octanol–water partition coefficient (Wildman–Crippen LogP) is 6.59. The molecule has 2 aliphatic rings. The van der Waals surface area contributed by atoms with Gasteiger partial charge in [0.1, 0.15) is 5.41 Å². The molecule has 0 bridgehead atoms. The SMILES string of the molecule is Cc1ccc(C2CCN(C3CCC(C(=O)NCc4cc(C(F)(F)F)cc(C(F)(F)F)c4)(C(=O)NC(C)C)C3)CC2)cc1. The number of carbonyl (C=O) groups excluding carboxylic acids is 2. The van der Waals surface area contributed by atoms with Gasteiger partial charge in [0.2, 0.25) is 11.8 Å². The van der Waals surface area contributed by atoms with Crippen molar-refractivity contribution in [3.05, 3.63) is 70.3 Å². The summed E-state index contributed by atoms with van der Waals surface area (Å²) in [7, 11) is 0. The maximum atomic E-state index is 13.6. The monoisotopic (exact) mass is 597 g/mol. The van der Waals surface area contributed by atoms with Crippen LogP contribution in [0.5, 0.6) is 0 Å². The van der Waals surface area contributed by atoms with Crippen molar-refractivity contribution in [1.29, 1.82) is 0 Å². The smallest absolute Gasteiger partial charge is 0.353 e. The van der Waals surface area contributed by atoms with Gasteiger partial charge in [0.05, 0.1) is 11.1 Å². The molecule has 1 saturated heterocycles. The molecule has 230 valence electrons. The first-order valence-electron chi connectivity index (χ1n) is 14.3. The fraction of sp³-hybridized carbons (Fsp3) is 0.548. The van der Waals surface area contributed by atoms with E-state index in [4.69, 9.17) is 0 Å². The number of aryl methyl sites for hydroxylation is 1. The summed E-state index contributed by atoms with van der Waals surface area (Å²) < 4.78 is 79.9. The summed E-state index contributed by atoms with van der Waals surface area (Å²) in [5.41, 5.74) is -2.24. The van der Waals surface area contributed by atoms with Crippen LogP contribution in [-0.2, 0) is 28.5 Å². The molecule has 2 amide bonds. The highest BCUT2D eigenvalue weighted by Crippen LogP contribution is 2.43. The predicted molar refractivity (Wildman–Crippen MR) is 146 cm³/mol. The molecule has 0 aromatic heterocycles. The summed E-state index contributed by atoms with van der Waals surface area (Å²) in [5.74, 6) is -0.745. The lowest BCUT2D eigenvalue weighted by Gasteiger charge is -2.37. The zero-order valence-electron chi connectivity index (χ0n) is 24.0. The van der Waals surface area contributed by atoms with E-state index in [1.54, 1.807) is 13.8 Å². The molecule has 2 fully saturated rings. The second-order valence-electron chi connectivity index (χ2n) is 11.9. The number of benzene rings is 2. The van der Waals surface area contributed by atoms with E-state index in [0.717, 1.165) is 25.9 Å². The number of piperidine rings is 1.